The van der Waals surface area contributed by atoms with E-state index in [9.17, 15) is 8.42 Å². The summed E-state index contributed by atoms with van der Waals surface area (Å²) in [5.41, 5.74) is 5.25. The van der Waals surface area contributed by atoms with Crippen LogP contribution >= 0.6 is 0 Å². The fourth-order valence-corrected chi connectivity index (χ4v) is 3.09. The summed E-state index contributed by atoms with van der Waals surface area (Å²) in [4.78, 5) is 2.44. The number of hydrogen-bond acceptors (Lipinski definition) is 4. The standard InChI is InChI=1S/C11H25N3O2S/c1-10(2)14-6-3-11(4-7-14)9-13-17(15,16)8-5-12/h10-11,13H,3-9,12H2,1-2H3. The Morgan fingerprint density at radius 3 is 2.41 bits per heavy atom. The van der Waals surface area contributed by atoms with Crippen molar-refractivity contribution in [3.63, 3.8) is 0 Å². The molecule has 0 radical (unpaired) electrons. The molecule has 102 valence electrons. The molecule has 1 aliphatic rings. The van der Waals surface area contributed by atoms with Gasteiger partial charge < -0.3 is 10.6 Å². The summed E-state index contributed by atoms with van der Waals surface area (Å²) >= 11 is 0. The second-order valence-corrected chi connectivity index (χ2v) is 6.96. The summed E-state index contributed by atoms with van der Waals surface area (Å²) in [6.45, 7) is 7.28. The van der Waals surface area contributed by atoms with E-state index in [2.05, 4.69) is 23.5 Å². The van der Waals surface area contributed by atoms with E-state index >= 15 is 0 Å². The first-order chi connectivity index (χ1) is 7.94. The molecule has 1 heterocycles. The minimum absolute atomic E-state index is 0.0256. The minimum Gasteiger partial charge on any atom is -0.329 e. The predicted molar refractivity (Wildman–Crippen MR) is 70.3 cm³/mol. The third-order valence-corrected chi connectivity index (χ3v) is 4.74. The minimum atomic E-state index is -3.15. The topological polar surface area (TPSA) is 75.4 Å². The van der Waals surface area contributed by atoms with E-state index in [1.807, 2.05) is 0 Å². The van der Waals surface area contributed by atoms with Crippen LogP contribution in [0.5, 0.6) is 0 Å². The largest absolute Gasteiger partial charge is 0.329 e. The van der Waals surface area contributed by atoms with E-state index in [-0.39, 0.29) is 12.3 Å². The molecule has 5 nitrogen and oxygen atoms in total. The molecule has 1 fully saturated rings. The van der Waals surface area contributed by atoms with E-state index in [0.717, 1.165) is 25.9 Å². The van der Waals surface area contributed by atoms with Crippen LogP contribution in [-0.2, 0) is 10.0 Å². The number of nitrogens with one attached hydrogen (secondary N) is 1. The summed E-state index contributed by atoms with van der Waals surface area (Å²) in [6, 6.07) is 0.588. The molecule has 0 bridgehead atoms. The van der Waals surface area contributed by atoms with Gasteiger partial charge in [-0.05, 0) is 45.7 Å². The SMILES string of the molecule is CC(C)N1CCC(CNS(=O)(=O)CCN)CC1. The normalized spacial score (nSPS) is 20.0. The van der Waals surface area contributed by atoms with Crippen molar-refractivity contribution in [3.05, 3.63) is 0 Å². The van der Waals surface area contributed by atoms with Crippen LogP contribution in [0.1, 0.15) is 26.7 Å². The Balaban J connectivity index is 2.27. The third-order valence-electron chi connectivity index (χ3n) is 3.36. The smallest absolute Gasteiger partial charge is 0.212 e. The number of piperidine rings is 1. The van der Waals surface area contributed by atoms with E-state index in [1.54, 1.807) is 0 Å². The molecule has 1 rings (SSSR count). The second kappa shape index (κ2) is 6.68. The third kappa shape index (κ3) is 5.33. The van der Waals surface area contributed by atoms with Gasteiger partial charge in [0, 0.05) is 19.1 Å². The van der Waals surface area contributed by atoms with Crippen LogP contribution in [0.3, 0.4) is 0 Å². The zero-order valence-electron chi connectivity index (χ0n) is 10.9. The highest BCUT2D eigenvalue weighted by Gasteiger charge is 2.21. The highest BCUT2D eigenvalue weighted by atomic mass is 32.2. The lowest BCUT2D eigenvalue weighted by Gasteiger charge is -2.34. The Hall–Kier alpha value is -0.170. The molecule has 0 saturated carbocycles. The molecule has 3 N–H and O–H groups in total. The van der Waals surface area contributed by atoms with E-state index < -0.39 is 10.0 Å². The van der Waals surface area contributed by atoms with Gasteiger partial charge >= 0.3 is 0 Å². The van der Waals surface area contributed by atoms with Crippen LogP contribution in [0, 0.1) is 5.92 Å². The van der Waals surface area contributed by atoms with Crippen LogP contribution in [0.25, 0.3) is 0 Å². The fraction of sp³-hybridized carbons (Fsp3) is 1.00. The molecular weight excluding hydrogens is 238 g/mol. The first-order valence-electron chi connectivity index (χ1n) is 6.36. The molecule has 17 heavy (non-hydrogen) atoms. The zero-order valence-corrected chi connectivity index (χ0v) is 11.7. The number of nitrogens with two attached hydrogens (primary N) is 1. The van der Waals surface area contributed by atoms with Crippen LogP contribution in [0.2, 0.25) is 0 Å². The summed E-state index contributed by atoms with van der Waals surface area (Å²) in [5, 5.41) is 0. The Kier molecular flexibility index (Phi) is 5.85. The highest BCUT2D eigenvalue weighted by molar-refractivity contribution is 7.89. The highest BCUT2D eigenvalue weighted by Crippen LogP contribution is 2.18. The molecule has 0 unspecified atom stereocenters. The monoisotopic (exact) mass is 263 g/mol. The molecule has 0 aromatic rings. The van der Waals surface area contributed by atoms with E-state index in [1.165, 1.54) is 0 Å². The Bertz CT molecular complexity index is 309. The number of likely N-dealkylation sites (tertiary alicyclic amines) is 1. The molecule has 0 aromatic heterocycles. The lowest BCUT2D eigenvalue weighted by molar-refractivity contribution is 0.151. The number of nitrogens with zero attached hydrogens (tertiary/aromatic N) is 1. The van der Waals surface area contributed by atoms with E-state index in [4.69, 9.17) is 5.73 Å². The van der Waals surface area contributed by atoms with Gasteiger partial charge in [0.05, 0.1) is 5.75 Å². The van der Waals surface area contributed by atoms with Crippen molar-refractivity contribution in [2.75, 3.05) is 31.9 Å². The van der Waals surface area contributed by atoms with Gasteiger partial charge in [0.15, 0.2) is 0 Å². The van der Waals surface area contributed by atoms with Gasteiger partial charge in [-0.3, -0.25) is 0 Å². The molecule has 0 aromatic carbocycles. The Morgan fingerprint density at radius 1 is 1.35 bits per heavy atom. The predicted octanol–water partition coefficient (Wildman–Crippen LogP) is -0.0151. The van der Waals surface area contributed by atoms with E-state index in [0.29, 0.717) is 18.5 Å². The lowest BCUT2D eigenvalue weighted by Crippen LogP contribution is -2.42. The molecule has 0 spiro atoms. The van der Waals surface area contributed by atoms with Crippen molar-refractivity contribution in [3.8, 4) is 0 Å². The van der Waals surface area contributed by atoms with Crippen LogP contribution in [0.4, 0.5) is 0 Å². The van der Waals surface area contributed by atoms with Crippen LogP contribution in [0.15, 0.2) is 0 Å². The van der Waals surface area contributed by atoms with Gasteiger partial charge in [-0.2, -0.15) is 0 Å². The first-order valence-corrected chi connectivity index (χ1v) is 8.01. The summed E-state index contributed by atoms with van der Waals surface area (Å²) in [7, 11) is -3.15. The van der Waals surface area contributed by atoms with Gasteiger partial charge in [-0.1, -0.05) is 0 Å². The maximum atomic E-state index is 11.4. The number of sulfonamides is 1. The van der Waals surface area contributed by atoms with Gasteiger partial charge in [-0.15, -0.1) is 0 Å². The van der Waals surface area contributed by atoms with Crippen molar-refractivity contribution in [2.45, 2.75) is 32.7 Å². The maximum Gasteiger partial charge on any atom is 0.212 e. The van der Waals surface area contributed by atoms with Crippen molar-refractivity contribution < 1.29 is 8.42 Å². The van der Waals surface area contributed by atoms with Crippen molar-refractivity contribution in [1.29, 1.82) is 0 Å². The van der Waals surface area contributed by atoms with Gasteiger partial charge in [-0.25, -0.2) is 13.1 Å². The molecule has 1 saturated heterocycles. The first kappa shape index (κ1) is 14.9. The van der Waals surface area contributed by atoms with Gasteiger partial charge in [0.25, 0.3) is 0 Å². The quantitative estimate of drug-likeness (QED) is 0.706. The second-order valence-electron chi connectivity index (χ2n) is 5.03. The average molecular weight is 263 g/mol. The molecule has 0 amide bonds. The molecular formula is C11H25N3O2S. The average Bonchev–Trinajstić information content (AvgIpc) is 2.27. The molecule has 0 aliphatic carbocycles. The van der Waals surface area contributed by atoms with Crippen molar-refractivity contribution in [2.24, 2.45) is 11.7 Å². The maximum absolute atomic E-state index is 11.4. The Morgan fingerprint density at radius 2 is 1.94 bits per heavy atom. The van der Waals surface area contributed by atoms with Crippen molar-refractivity contribution >= 4 is 10.0 Å². The Labute approximate surface area is 105 Å². The van der Waals surface area contributed by atoms with Crippen LogP contribution in [-0.4, -0.2) is 51.3 Å². The van der Waals surface area contributed by atoms with Gasteiger partial charge in [0.2, 0.25) is 10.0 Å². The van der Waals surface area contributed by atoms with Crippen LogP contribution < -0.4 is 10.5 Å². The summed E-state index contributed by atoms with van der Waals surface area (Å²) < 4.78 is 25.5. The summed E-state index contributed by atoms with van der Waals surface area (Å²) in [5.74, 6) is 0.496. The summed E-state index contributed by atoms with van der Waals surface area (Å²) in [6.07, 6.45) is 2.15. The number of rotatable bonds is 6. The molecule has 1 aliphatic heterocycles. The van der Waals surface area contributed by atoms with Crippen molar-refractivity contribution in [1.82, 2.24) is 9.62 Å². The molecule has 0 atom stereocenters. The number of hydrogen-bond donors (Lipinski definition) is 2. The lowest BCUT2D eigenvalue weighted by atomic mass is 9.96. The zero-order chi connectivity index (χ0) is 12.9. The fourth-order valence-electron chi connectivity index (χ4n) is 2.15. The molecule has 6 heteroatoms. The van der Waals surface area contributed by atoms with Gasteiger partial charge in [0.1, 0.15) is 0 Å².